The van der Waals surface area contributed by atoms with E-state index in [1.807, 2.05) is 0 Å². The summed E-state index contributed by atoms with van der Waals surface area (Å²) in [6.07, 6.45) is 0. The summed E-state index contributed by atoms with van der Waals surface area (Å²) in [6.45, 7) is -2.16. The van der Waals surface area contributed by atoms with Crippen molar-refractivity contribution in [3.05, 3.63) is 119 Å². The Bertz CT molecular complexity index is 1170. The van der Waals surface area contributed by atoms with E-state index in [2.05, 4.69) is 18.6 Å². The van der Waals surface area contributed by atoms with Crippen LogP contribution in [0.4, 0.5) is 17.6 Å². The molecule has 4 aromatic carbocycles. The summed E-state index contributed by atoms with van der Waals surface area (Å²) in [5, 5.41) is 67.1. The van der Waals surface area contributed by atoms with E-state index in [-0.39, 0.29) is 68.9 Å². The summed E-state index contributed by atoms with van der Waals surface area (Å²) in [5.41, 5.74) is 2.09. The van der Waals surface area contributed by atoms with Crippen LogP contribution in [0.25, 0.3) is 0 Å². The zero-order chi connectivity index (χ0) is 35.9. The Morgan fingerprint density at radius 1 is 0.327 bits per heavy atom. The first-order valence-electron chi connectivity index (χ1n) is 13.6. The quantitative estimate of drug-likeness (QED) is 0.0757. The molecule has 0 aliphatic heterocycles. The van der Waals surface area contributed by atoms with Gasteiger partial charge in [0.1, 0.15) is 49.7 Å². The third-order valence-electron chi connectivity index (χ3n) is 5.28. The molecule has 4 rings (SSSR count). The van der Waals surface area contributed by atoms with Gasteiger partial charge in [-0.1, -0.05) is 48.5 Å². The molecule has 0 fully saturated rings. The fourth-order valence-electron chi connectivity index (χ4n) is 3.12. The molecule has 0 saturated carbocycles. The molecule has 8 N–H and O–H groups in total. The first-order valence-corrected chi connectivity index (χ1v) is 13.6. The van der Waals surface area contributed by atoms with Gasteiger partial charge in [-0.2, -0.15) is 0 Å². The van der Waals surface area contributed by atoms with E-state index in [1.165, 1.54) is 97.1 Å². The number of hydrogen-bond acceptors (Lipinski definition) is 12. The fourth-order valence-corrected chi connectivity index (χ4v) is 3.12. The number of benzene rings is 4. The molecule has 0 aromatic heterocycles. The monoisotopic (exact) mass is 814 g/mol. The van der Waals surface area contributed by atoms with Gasteiger partial charge < -0.3 is 58.8 Å². The maximum absolute atomic E-state index is 12.0. The summed E-state index contributed by atoms with van der Waals surface area (Å²) in [7, 11) is -7.33. The molecule has 0 bridgehead atoms. The zero-order valence-corrected chi connectivity index (χ0v) is 25.1. The van der Waals surface area contributed by atoms with Gasteiger partial charge in [-0.05, 0) is 70.8 Å². The third kappa shape index (κ3) is 23.0. The van der Waals surface area contributed by atoms with E-state index in [1.54, 1.807) is 0 Å². The van der Waals surface area contributed by atoms with Gasteiger partial charge in [0.05, 0.1) is 0 Å². The van der Waals surface area contributed by atoms with Gasteiger partial charge in [0.25, 0.3) is 0 Å². The average Bonchev–Trinajstić information content (AvgIpc) is 3.06. The van der Waals surface area contributed by atoms with Gasteiger partial charge in [0, 0.05) is 0 Å². The second kappa shape index (κ2) is 27.5. The molecule has 0 spiro atoms. The molecule has 0 atom stereocenters. The van der Waals surface area contributed by atoms with Crippen molar-refractivity contribution in [2.75, 3.05) is 0 Å². The van der Waals surface area contributed by atoms with E-state index in [9.17, 15) is 17.6 Å². The normalized spacial score (nSPS) is 9.39. The molecule has 0 heterocycles. The van der Waals surface area contributed by atoms with Crippen molar-refractivity contribution < 1.29 is 76.4 Å². The maximum atomic E-state index is 12.0. The first-order chi connectivity index (χ1) is 22.9. The van der Waals surface area contributed by atoms with Crippen LogP contribution in [0.15, 0.2) is 97.1 Å². The van der Waals surface area contributed by atoms with Crippen LogP contribution < -0.4 is 18.6 Å². The number of halogens is 4. The van der Waals surface area contributed by atoms with Crippen molar-refractivity contribution >= 4 is 98.2 Å². The van der Waals surface area contributed by atoms with Crippen molar-refractivity contribution in [2.45, 2.75) is 26.7 Å². The van der Waals surface area contributed by atoms with Crippen molar-refractivity contribution in [1.29, 1.82) is 0 Å². The molecule has 0 aliphatic rings. The fraction of sp³-hybridized carbons (Fsp3) is 0.143. The predicted molar refractivity (Wildman–Crippen MR) is 175 cm³/mol. The molecule has 0 unspecified atom stereocenters. The molecule has 12 nitrogen and oxygen atoms in total. The summed E-state index contributed by atoms with van der Waals surface area (Å²) in [6, 6.07) is 23.8. The van der Waals surface area contributed by atoms with Crippen LogP contribution in [0.5, 0.6) is 23.0 Å². The van der Waals surface area contributed by atoms with Crippen LogP contribution in [0.3, 0.4) is 0 Å². The Balaban J connectivity index is 0.000000623. The number of hydrogen-bond donors (Lipinski definition) is 8. The SMILES string of the molecule is OB(O)Oc1ccc(CF)cc1.OB(O)Oc1ccc(CF)cc1.OB(O)Oc1ccc(CF)cc1.OB(O)Oc1ccc(CF)cc1.[CsH]. The first kappa shape index (κ1) is 46.8. The van der Waals surface area contributed by atoms with Crippen LogP contribution in [-0.4, -0.2) is 138 Å². The summed E-state index contributed by atoms with van der Waals surface area (Å²) in [5.74, 6) is 1.17. The van der Waals surface area contributed by atoms with Crippen LogP contribution in [0.1, 0.15) is 22.3 Å². The summed E-state index contributed by atoms with van der Waals surface area (Å²) < 4.78 is 65.9. The minimum atomic E-state index is -1.83. The minimum absolute atomic E-state index is 0. The Labute approximate surface area is 340 Å². The second-order valence-corrected chi connectivity index (χ2v) is 8.89. The van der Waals surface area contributed by atoms with Gasteiger partial charge in [-0.3, -0.25) is 0 Å². The predicted octanol–water partition coefficient (Wildman–Crippen LogP) is 1.37. The molecule has 0 amide bonds. The Hall–Kier alpha value is -2.21. The van der Waals surface area contributed by atoms with Crippen LogP contribution >= 0.6 is 0 Å². The summed E-state index contributed by atoms with van der Waals surface area (Å²) >= 11 is 0. The van der Waals surface area contributed by atoms with Gasteiger partial charge in [-0.25, -0.2) is 17.6 Å². The molecule has 21 heteroatoms. The van der Waals surface area contributed by atoms with Crippen molar-refractivity contribution in [3.63, 3.8) is 0 Å². The van der Waals surface area contributed by atoms with Crippen molar-refractivity contribution in [3.8, 4) is 23.0 Å². The molecule has 258 valence electrons. The van der Waals surface area contributed by atoms with Crippen molar-refractivity contribution in [1.82, 2.24) is 0 Å². The average molecular weight is 814 g/mol. The molecule has 49 heavy (non-hydrogen) atoms. The van der Waals surface area contributed by atoms with Gasteiger partial charge in [0.2, 0.25) is 0 Å². The topological polar surface area (TPSA) is 199 Å². The van der Waals surface area contributed by atoms with Gasteiger partial charge in [0.15, 0.2) is 0 Å². The number of alkyl halides is 4. The molecular formula is C28H33B4CsF4O12. The van der Waals surface area contributed by atoms with Crippen LogP contribution in [0.2, 0.25) is 0 Å². The van der Waals surface area contributed by atoms with Crippen molar-refractivity contribution in [2.24, 2.45) is 0 Å². The summed E-state index contributed by atoms with van der Waals surface area (Å²) in [4.78, 5) is 0. The molecule has 4 aromatic rings. The Kier molecular flexibility index (Phi) is 26.3. The van der Waals surface area contributed by atoms with E-state index >= 15 is 0 Å². The number of rotatable bonds is 12. The van der Waals surface area contributed by atoms with E-state index < -0.39 is 56.0 Å². The molecule has 0 aliphatic carbocycles. The van der Waals surface area contributed by atoms with E-state index in [0.717, 1.165) is 0 Å². The van der Waals surface area contributed by atoms with E-state index in [0.29, 0.717) is 45.3 Å². The second-order valence-electron chi connectivity index (χ2n) is 8.89. The Morgan fingerprint density at radius 3 is 0.571 bits per heavy atom. The van der Waals surface area contributed by atoms with Gasteiger partial charge in [-0.15, -0.1) is 0 Å². The Morgan fingerprint density at radius 2 is 0.469 bits per heavy atom. The van der Waals surface area contributed by atoms with Crippen LogP contribution in [-0.2, 0) is 26.7 Å². The van der Waals surface area contributed by atoms with E-state index in [4.69, 9.17) is 40.2 Å². The van der Waals surface area contributed by atoms with Gasteiger partial charge >= 0.3 is 98.2 Å². The molecule has 0 radical (unpaired) electrons. The molecular weight excluding hydrogens is 780 g/mol. The van der Waals surface area contributed by atoms with Crippen LogP contribution in [0, 0.1) is 0 Å². The third-order valence-corrected chi connectivity index (χ3v) is 5.28. The zero-order valence-electron chi connectivity index (χ0n) is 25.1. The molecule has 0 saturated heterocycles. The standard InChI is InChI=1S/4C7H8BFO3.Cs.H/c4*9-5-6-1-3-7(4-2-6)12-8(10)11;;/h4*1-4,10-11H,5H2;;.